The van der Waals surface area contributed by atoms with E-state index in [0.717, 1.165) is 80.6 Å². The van der Waals surface area contributed by atoms with Crippen LogP contribution in [0.2, 0.25) is 0 Å². The maximum atomic E-state index is 13.2. The monoisotopic (exact) mass is 463 g/mol. The van der Waals surface area contributed by atoms with Gasteiger partial charge in [0.05, 0.1) is 12.2 Å². The third kappa shape index (κ3) is 5.96. The predicted octanol–water partition coefficient (Wildman–Crippen LogP) is 4.63. The first-order chi connectivity index (χ1) is 16.2. The first kappa shape index (κ1) is 24.6. The van der Waals surface area contributed by atoms with E-state index in [-0.39, 0.29) is 11.3 Å². The van der Waals surface area contributed by atoms with Crippen LogP contribution < -0.4 is 4.90 Å². The van der Waals surface area contributed by atoms with Crippen LogP contribution in [0.3, 0.4) is 0 Å². The minimum absolute atomic E-state index is 0.240. The molecule has 184 valence electrons. The average Bonchev–Trinajstić information content (AvgIpc) is 2.82. The molecule has 34 heavy (non-hydrogen) atoms. The van der Waals surface area contributed by atoms with Crippen molar-refractivity contribution in [3.63, 3.8) is 0 Å². The first-order valence-electron chi connectivity index (χ1n) is 12.9. The van der Waals surface area contributed by atoms with Gasteiger partial charge in [-0.25, -0.2) is 9.97 Å². The summed E-state index contributed by atoms with van der Waals surface area (Å²) in [5, 5.41) is 0. The Morgan fingerprint density at radius 1 is 1.03 bits per heavy atom. The fourth-order valence-corrected chi connectivity index (χ4v) is 5.41. The molecule has 0 saturated carbocycles. The number of likely N-dealkylation sites (N-methyl/N-ethyl adjacent to an activating group) is 1. The Labute approximate surface area is 205 Å². The molecule has 1 saturated heterocycles. The largest absolute Gasteiger partial charge is 0.354 e. The van der Waals surface area contributed by atoms with E-state index in [1.165, 1.54) is 0 Å². The summed E-state index contributed by atoms with van der Waals surface area (Å²) in [6.07, 6.45) is 2.46. The molecule has 1 unspecified atom stereocenters. The van der Waals surface area contributed by atoms with Crippen molar-refractivity contribution in [3.8, 4) is 11.4 Å². The lowest BCUT2D eigenvalue weighted by Crippen LogP contribution is -2.47. The molecule has 0 spiro atoms. The van der Waals surface area contributed by atoms with E-state index in [1.54, 1.807) is 0 Å². The van der Waals surface area contributed by atoms with Gasteiger partial charge < -0.3 is 14.7 Å². The van der Waals surface area contributed by atoms with E-state index in [9.17, 15) is 4.79 Å². The standard InChI is InChI=1S/C28H41N5O/c1-6-31-14-16-32(17-15-31)27-23-20-33(25(34)18-21(2)19-28(3,4)5)13-12-24(23)29-26(30-27)22-10-8-7-9-11-22/h7-11,21H,6,12-20H2,1-5H3. The molecule has 6 nitrogen and oxygen atoms in total. The Hall–Kier alpha value is -2.47. The number of aromatic nitrogens is 2. The Morgan fingerprint density at radius 3 is 2.38 bits per heavy atom. The van der Waals surface area contributed by atoms with Gasteiger partial charge in [0.2, 0.25) is 5.91 Å². The molecule has 2 aliphatic heterocycles. The average molecular weight is 464 g/mol. The third-order valence-corrected chi connectivity index (χ3v) is 7.03. The van der Waals surface area contributed by atoms with E-state index < -0.39 is 0 Å². The van der Waals surface area contributed by atoms with Crippen molar-refractivity contribution >= 4 is 11.7 Å². The molecular formula is C28H41N5O. The van der Waals surface area contributed by atoms with Gasteiger partial charge in [-0.05, 0) is 24.3 Å². The normalized spacial score (nSPS) is 18.0. The number of rotatable bonds is 6. The molecule has 0 aliphatic carbocycles. The minimum Gasteiger partial charge on any atom is -0.354 e. The number of fused-ring (bicyclic) bond motifs is 1. The molecule has 2 aliphatic rings. The van der Waals surface area contributed by atoms with E-state index in [1.807, 2.05) is 23.1 Å². The molecular weight excluding hydrogens is 422 g/mol. The van der Waals surface area contributed by atoms with Gasteiger partial charge in [-0.15, -0.1) is 0 Å². The number of carbonyl (C=O) groups excluding carboxylic acids is 1. The third-order valence-electron chi connectivity index (χ3n) is 7.03. The summed E-state index contributed by atoms with van der Waals surface area (Å²) in [4.78, 5) is 30.2. The lowest BCUT2D eigenvalue weighted by Gasteiger charge is -2.38. The fraction of sp³-hybridized carbons (Fsp3) is 0.607. The van der Waals surface area contributed by atoms with E-state index >= 15 is 0 Å². The summed E-state index contributed by atoms with van der Waals surface area (Å²) in [6.45, 7) is 17.6. The van der Waals surface area contributed by atoms with Gasteiger partial charge in [0.25, 0.3) is 0 Å². The van der Waals surface area contributed by atoms with Crippen LogP contribution in [0, 0.1) is 11.3 Å². The molecule has 4 rings (SSSR count). The van der Waals surface area contributed by atoms with Gasteiger partial charge in [-0.3, -0.25) is 4.79 Å². The zero-order chi connectivity index (χ0) is 24.3. The Bertz CT molecular complexity index is 976. The molecule has 1 amide bonds. The molecule has 1 aromatic heterocycles. The zero-order valence-corrected chi connectivity index (χ0v) is 21.7. The van der Waals surface area contributed by atoms with E-state index in [0.29, 0.717) is 18.9 Å². The van der Waals surface area contributed by atoms with Gasteiger partial charge in [-0.2, -0.15) is 0 Å². The predicted molar refractivity (Wildman–Crippen MR) is 139 cm³/mol. The van der Waals surface area contributed by atoms with Crippen LogP contribution in [0.5, 0.6) is 0 Å². The molecule has 0 N–H and O–H groups in total. The number of benzene rings is 1. The van der Waals surface area contributed by atoms with Crippen molar-refractivity contribution in [1.29, 1.82) is 0 Å². The topological polar surface area (TPSA) is 52.6 Å². The van der Waals surface area contributed by atoms with Crippen molar-refractivity contribution in [2.75, 3.05) is 44.2 Å². The summed E-state index contributed by atoms with van der Waals surface area (Å²) >= 11 is 0. The van der Waals surface area contributed by atoms with Gasteiger partial charge in [-0.1, -0.05) is 65.0 Å². The van der Waals surface area contributed by atoms with E-state index in [2.05, 4.69) is 56.6 Å². The lowest BCUT2D eigenvalue weighted by molar-refractivity contribution is -0.133. The fourth-order valence-electron chi connectivity index (χ4n) is 5.41. The Balaban J connectivity index is 1.59. The van der Waals surface area contributed by atoms with Crippen LogP contribution in [-0.2, 0) is 17.8 Å². The number of amides is 1. The molecule has 2 aromatic rings. The first-order valence-corrected chi connectivity index (χ1v) is 12.9. The second kappa shape index (κ2) is 10.4. The van der Waals surface area contributed by atoms with Crippen molar-refractivity contribution in [3.05, 3.63) is 41.6 Å². The summed E-state index contributed by atoms with van der Waals surface area (Å²) < 4.78 is 0. The van der Waals surface area contributed by atoms with Gasteiger partial charge >= 0.3 is 0 Å². The van der Waals surface area contributed by atoms with Crippen LogP contribution in [0.1, 0.15) is 58.7 Å². The van der Waals surface area contributed by atoms with Crippen molar-refractivity contribution in [2.24, 2.45) is 11.3 Å². The van der Waals surface area contributed by atoms with Gasteiger partial charge in [0.15, 0.2) is 5.82 Å². The van der Waals surface area contributed by atoms with Crippen LogP contribution in [0.25, 0.3) is 11.4 Å². The quantitative estimate of drug-likeness (QED) is 0.625. The van der Waals surface area contributed by atoms with Crippen LogP contribution in [0.15, 0.2) is 30.3 Å². The summed E-state index contributed by atoms with van der Waals surface area (Å²) in [5.41, 5.74) is 3.54. The highest BCUT2D eigenvalue weighted by molar-refractivity contribution is 5.77. The maximum absolute atomic E-state index is 13.2. The van der Waals surface area contributed by atoms with Crippen molar-refractivity contribution in [2.45, 2.75) is 60.4 Å². The summed E-state index contributed by atoms with van der Waals surface area (Å²) in [5.74, 6) is 2.47. The van der Waals surface area contributed by atoms with E-state index in [4.69, 9.17) is 9.97 Å². The number of piperazine rings is 1. The Morgan fingerprint density at radius 2 is 1.74 bits per heavy atom. The molecule has 3 heterocycles. The second-order valence-corrected chi connectivity index (χ2v) is 11.2. The zero-order valence-electron chi connectivity index (χ0n) is 21.7. The Kier molecular flexibility index (Phi) is 7.56. The van der Waals surface area contributed by atoms with Crippen LogP contribution in [0.4, 0.5) is 5.82 Å². The summed E-state index contributed by atoms with van der Waals surface area (Å²) in [7, 11) is 0. The van der Waals surface area contributed by atoms with Crippen LogP contribution >= 0.6 is 0 Å². The highest BCUT2D eigenvalue weighted by Gasteiger charge is 2.30. The molecule has 1 atom stereocenters. The number of nitrogens with zero attached hydrogens (tertiary/aromatic N) is 5. The molecule has 0 radical (unpaired) electrons. The molecule has 1 aromatic carbocycles. The number of hydrogen-bond donors (Lipinski definition) is 0. The highest BCUT2D eigenvalue weighted by atomic mass is 16.2. The summed E-state index contributed by atoms with van der Waals surface area (Å²) in [6, 6.07) is 10.3. The highest BCUT2D eigenvalue weighted by Crippen LogP contribution is 2.32. The number of anilines is 1. The smallest absolute Gasteiger partial charge is 0.223 e. The molecule has 1 fully saturated rings. The lowest BCUT2D eigenvalue weighted by atomic mass is 9.84. The number of hydrogen-bond acceptors (Lipinski definition) is 5. The SMILES string of the molecule is CCN1CCN(c2nc(-c3ccccc3)nc3c2CN(C(=O)CC(C)CC(C)(C)C)CC3)CC1. The van der Waals surface area contributed by atoms with Gasteiger partial charge in [0, 0.05) is 56.7 Å². The molecule has 6 heteroatoms. The van der Waals surface area contributed by atoms with Gasteiger partial charge in [0.1, 0.15) is 5.82 Å². The van der Waals surface area contributed by atoms with Crippen molar-refractivity contribution < 1.29 is 4.79 Å². The van der Waals surface area contributed by atoms with Crippen LogP contribution in [-0.4, -0.2) is 64.9 Å². The number of carbonyl (C=O) groups is 1. The molecule has 0 bridgehead atoms. The maximum Gasteiger partial charge on any atom is 0.223 e. The van der Waals surface area contributed by atoms with Crippen molar-refractivity contribution in [1.82, 2.24) is 19.8 Å². The second-order valence-electron chi connectivity index (χ2n) is 11.2. The minimum atomic E-state index is 0.240.